The van der Waals surface area contributed by atoms with Gasteiger partial charge in [-0.1, -0.05) is 288 Å². The molecule has 0 aromatic heterocycles. The summed E-state index contributed by atoms with van der Waals surface area (Å²) in [6, 6.07) is 0. The second kappa shape index (κ2) is 74.9. The minimum absolute atomic E-state index is 0.0878. The van der Waals surface area contributed by atoms with Crippen LogP contribution < -0.4 is 0 Å². The lowest BCUT2D eigenvalue weighted by Crippen LogP contribution is -2.30. The highest BCUT2D eigenvalue weighted by atomic mass is 31.2. The van der Waals surface area contributed by atoms with E-state index in [1.807, 2.05) is 0 Å². The number of rotatable bonds is 72. The third-order valence-corrected chi connectivity index (χ3v) is 17.6. The van der Waals surface area contributed by atoms with Crippen molar-refractivity contribution in [2.75, 3.05) is 39.6 Å². The van der Waals surface area contributed by atoms with Gasteiger partial charge in [0.1, 0.15) is 25.4 Å². The van der Waals surface area contributed by atoms with Crippen molar-refractivity contribution < 1.29 is 75.8 Å². The standard InChI is InChI=1S/C83H138O16P2/c1-4-7-10-13-16-19-22-24-26-28-30-32-34-36-38-40-42-44-46-48-50-52-55-57-60-63-66-69-81(86)93-72-78(84)73-95-100(89,90)96-74-79(85)75-97-101(91,92)98-77-80(99-83(88)71-68-65-62-59-54-21-18-15-12-9-6-3)76-94-82(87)70-67-64-61-58-56-53-51-49-47-45-43-41-39-37-35-33-31-29-27-25-23-20-17-14-11-8-5-2/h7-8,10-11,15-20,24-27,30-33,36-39,42-45,78-80,84-85H,4-6,9,12-14,21-23,28-29,34-35,40-41,46-77H2,1-3H3,(H,89,90)(H,91,92)/b10-7-,11-8-,18-15-,19-16-,20-17-,26-24-,27-25-,32-30-,33-31-,38-36-,39-37-,44-42-,45-43-. The number of phosphoric ester groups is 2. The highest BCUT2D eigenvalue weighted by Gasteiger charge is 2.29. The maximum Gasteiger partial charge on any atom is 0.472 e. The molecule has 0 fully saturated rings. The molecule has 0 aliphatic heterocycles. The van der Waals surface area contributed by atoms with Gasteiger partial charge in [0.05, 0.1) is 26.4 Å². The van der Waals surface area contributed by atoms with E-state index in [0.717, 1.165) is 186 Å². The second-order valence-electron chi connectivity index (χ2n) is 25.4. The summed E-state index contributed by atoms with van der Waals surface area (Å²) < 4.78 is 61.0. The van der Waals surface area contributed by atoms with Gasteiger partial charge in [-0.25, -0.2) is 9.13 Å². The molecule has 18 heteroatoms. The van der Waals surface area contributed by atoms with Crippen molar-refractivity contribution >= 4 is 33.6 Å². The summed E-state index contributed by atoms with van der Waals surface area (Å²) in [6.07, 6.45) is 93.0. The molecule has 0 saturated carbocycles. The molecule has 0 saturated heterocycles. The summed E-state index contributed by atoms with van der Waals surface area (Å²) in [5.41, 5.74) is 0. The van der Waals surface area contributed by atoms with Crippen LogP contribution in [0, 0.1) is 0 Å². The fourth-order valence-electron chi connectivity index (χ4n) is 9.85. The number of aliphatic hydroxyl groups excluding tert-OH is 2. The number of hydrogen-bond donors (Lipinski definition) is 4. The molecule has 0 aromatic carbocycles. The fraction of sp³-hybridized carbons (Fsp3) is 0.651. The van der Waals surface area contributed by atoms with Crippen molar-refractivity contribution in [1.82, 2.24) is 0 Å². The van der Waals surface area contributed by atoms with E-state index in [1.54, 1.807) is 0 Å². The van der Waals surface area contributed by atoms with Gasteiger partial charge in [0.25, 0.3) is 0 Å². The number of carbonyl (C=O) groups excluding carboxylic acids is 3. The summed E-state index contributed by atoms with van der Waals surface area (Å²) in [4.78, 5) is 58.5. The Morgan fingerprint density at radius 2 is 0.525 bits per heavy atom. The summed E-state index contributed by atoms with van der Waals surface area (Å²) >= 11 is 0. The Bertz CT molecular complexity index is 2470. The van der Waals surface area contributed by atoms with E-state index < -0.39 is 91.5 Å². The third kappa shape index (κ3) is 76.1. The molecule has 4 N–H and O–H groups in total. The van der Waals surface area contributed by atoms with Crippen LogP contribution in [0.1, 0.15) is 290 Å². The molecular formula is C83H138O16P2. The fourth-order valence-corrected chi connectivity index (χ4v) is 11.4. The first kappa shape index (κ1) is 96.2. The van der Waals surface area contributed by atoms with Crippen LogP contribution in [0.25, 0.3) is 0 Å². The van der Waals surface area contributed by atoms with Gasteiger partial charge in [0.2, 0.25) is 0 Å². The Hall–Kier alpha value is -4.83. The van der Waals surface area contributed by atoms with Crippen molar-refractivity contribution in [2.24, 2.45) is 0 Å². The molecule has 101 heavy (non-hydrogen) atoms. The van der Waals surface area contributed by atoms with Crippen molar-refractivity contribution in [3.8, 4) is 0 Å². The highest BCUT2D eigenvalue weighted by molar-refractivity contribution is 7.47. The monoisotopic (exact) mass is 1450 g/mol. The van der Waals surface area contributed by atoms with E-state index in [4.69, 9.17) is 32.3 Å². The van der Waals surface area contributed by atoms with E-state index in [1.165, 1.54) is 44.9 Å². The maximum atomic E-state index is 12.9. The molecule has 576 valence electrons. The molecular weight excluding hydrogens is 1310 g/mol. The topological polar surface area (TPSA) is 231 Å². The predicted molar refractivity (Wildman–Crippen MR) is 417 cm³/mol. The molecule has 0 bridgehead atoms. The minimum atomic E-state index is -4.94. The van der Waals surface area contributed by atoms with Crippen LogP contribution in [0.3, 0.4) is 0 Å². The number of phosphoric acid groups is 2. The molecule has 5 atom stereocenters. The first-order valence-corrected chi connectivity index (χ1v) is 41.8. The third-order valence-electron chi connectivity index (χ3n) is 15.7. The number of aliphatic hydroxyl groups is 2. The Morgan fingerprint density at radius 3 is 0.842 bits per heavy atom. The number of unbranched alkanes of at least 4 members (excludes halogenated alkanes) is 23. The van der Waals surface area contributed by atoms with Crippen LogP contribution in [0.2, 0.25) is 0 Å². The molecule has 16 nitrogen and oxygen atoms in total. The van der Waals surface area contributed by atoms with Gasteiger partial charge in [-0.05, 0) is 141 Å². The van der Waals surface area contributed by atoms with E-state index in [9.17, 15) is 43.5 Å². The molecule has 5 unspecified atom stereocenters. The largest absolute Gasteiger partial charge is 0.472 e. The van der Waals surface area contributed by atoms with Crippen LogP contribution in [-0.4, -0.2) is 95.9 Å². The highest BCUT2D eigenvalue weighted by Crippen LogP contribution is 2.45. The van der Waals surface area contributed by atoms with Gasteiger partial charge in [-0.15, -0.1) is 0 Å². The summed E-state index contributed by atoms with van der Waals surface area (Å²) in [6.45, 7) is 2.37. The first-order chi connectivity index (χ1) is 49.2. The molecule has 0 aliphatic carbocycles. The van der Waals surface area contributed by atoms with Crippen molar-refractivity contribution in [2.45, 2.75) is 309 Å². The van der Waals surface area contributed by atoms with Crippen LogP contribution in [0.5, 0.6) is 0 Å². The van der Waals surface area contributed by atoms with E-state index in [-0.39, 0.29) is 19.3 Å². The molecule has 0 aromatic rings. The van der Waals surface area contributed by atoms with Crippen LogP contribution in [-0.2, 0) is 55.8 Å². The van der Waals surface area contributed by atoms with Gasteiger partial charge in [-0.2, -0.15) is 0 Å². The molecule has 0 amide bonds. The number of allylic oxidation sites excluding steroid dienone is 26. The van der Waals surface area contributed by atoms with Gasteiger partial charge in [0, 0.05) is 19.3 Å². The maximum absolute atomic E-state index is 12.9. The smallest absolute Gasteiger partial charge is 0.463 e. The van der Waals surface area contributed by atoms with Crippen molar-refractivity contribution in [3.05, 3.63) is 158 Å². The van der Waals surface area contributed by atoms with E-state index >= 15 is 0 Å². The van der Waals surface area contributed by atoms with Crippen LogP contribution >= 0.6 is 15.6 Å². The van der Waals surface area contributed by atoms with Crippen LogP contribution in [0.4, 0.5) is 0 Å². The molecule has 0 radical (unpaired) electrons. The lowest BCUT2D eigenvalue weighted by Gasteiger charge is -2.21. The number of hydrogen-bond acceptors (Lipinski definition) is 14. The number of esters is 3. The summed E-state index contributed by atoms with van der Waals surface area (Å²) in [5, 5.41) is 20.6. The van der Waals surface area contributed by atoms with E-state index in [2.05, 4.69) is 179 Å². The minimum Gasteiger partial charge on any atom is -0.463 e. The van der Waals surface area contributed by atoms with Gasteiger partial charge >= 0.3 is 33.6 Å². The van der Waals surface area contributed by atoms with E-state index in [0.29, 0.717) is 19.3 Å². The van der Waals surface area contributed by atoms with Gasteiger partial charge in [0.15, 0.2) is 6.10 Å². The lowest BCUT2D eigenvalue weighted by atomic mass is 10.1. The Labute approximate surface area is 612 Å². The zero-order valence-electron chi connectivity index (χ0n) is 62.8. The molecule has 0 spiro atoms. The molecule has 0 heterocycles. The first-order valence-electron chi connectivity index (χ1n) is 38.8. The lowest BCUT2D eigenvalue weighted by molar-refractivity contribution is -0.161. The van der Waals surface area contributed by atoms with Crippen LogP contribution in [0.15, 0.2) is 158 Å². The number of carbonyl (C=O) groups is 3. The summed E-state index contributed by atoms with van der Waals surface area (Å²) in [7, 11) is -9.80. The summed E-state index contributed by atoms with van der Waals surface area (Å²) in [5.74, 6) is -1.61. The number of ether oxygens (including phenoxy) is 3. The SMILES string of the molecule is CC/C=C\C/C=C\C/C=C\C/C=C\C/C=C\C/C=C\CCCCCCCCCCC(=O)OCC(O)COP(=O)(O)OCC(O)COP(=O)(O)OCC(COC(=O)CCCCCCCCCC/C=C\C/C=C\C/C=C\C/C=C\C/C=C\C/C=C\CC)OC(=O)CCCCCCC/C=C\CCCC. The zero-order chi connectivity index (χ0) is 73.7. The van der Waals surface area contributed by atoms with Gasteiger partial charge < -0.3 is 34.2 Å². The molecule has 0 rings (SSSR count). The average molecular weight is 1450 g/mol. The normalized spacial score (nSPS) is 14.9. The Kier molecular flexibility index (Phi) is 71.3. The second-order valence-corrected chi connectivity index (χ2v) is 28.3. The van der Waals surface area contributed by atoms with Crippen molar-refractivity contribution in [1.29, 1.82) is 0 Å². The Morgan fingerprint density at radius 1 is 0.287 bits per heavy atom. The van der Waals surface area contributed by atoms with Gasteiger partial charge in [-0.3, -0.25) is 32.5 Å². The Balaban J connectivity index is 4.52. The quantitative estimate of drug-likeness (QED) is 0.0146. The van der Waals surface area contributed by atoms with Crippen molar-refractivity contribution in [3.63, 3.8) is 0 Å². The predicted octanol–water partition coefficient (Wildman–Crippen LogP) is 22.6. The average Bonchev–Trinajstić information content (AvgIpc) is 0.947. The molecule has 0 aliphatic rings. The zero-order valence-corrected chi connectivity index (χ0v) is 64.6.